The Morgan fingerprint density at radius 3 is 1.48 bits per heavy atom. The van der Waals surface area contributed by atoms with Crippen molar-refractivity contribution in [1.29, 1.82) is 0 Å². The van der Waals surface area contributed by atoms with Gasteiger partial charge in [0.2, 0.25) is 0 Å². The van der Waals surface area contributed by atoms with Crippen molar-refractivity contribution in [3.8, 4) is 0 Å². The highest BCUT2D eigenvalue weighted by atomic mass is 16.7. The number of ether oxygens (including phenoxy) is 7. The lowest BCUT2D eigenvalue weighted by Gasteiger charge is -2.44. The van der Waals surface area contributed by atoms with E-state index in [-0.39, 0.29) is 19.6 Å². The summed E-state index contributed by atoms with van der Waals surface area (Å²) in [4.78, 5) is 99.1. The van der Waals surface area contributed by atoms with Crippen LogP contribution in [0.25, 0.3) is 0 Å². The number of esters is 4. The van der Waals surface area contributed by atoms with Gasteiger partial charge in [-0.25, -0.2) is 0 Å². The van der Waals surface area contributed by atoms with Gasteiger partial charge in [0, 0.05) is 19.8 Å². The average Bonchev–Trinajstić information content (AvgIpc) is 3.29. The summed E-state index contributed by atoms with van der Waals surface area (Å²) >= 11 is 0. The minimum absolute atomic E-state index is 0.00774. The van der Waals surface area contributed by atoms with E-state index in [1.165, 1.54) is 0 Å². The van der Waals surface area contributed by atoms with Gasteiger partial charge in [-0.1, -0.05) is 72.8 Å². The number of carbonyl (C=O) groups is 8. The number of aliphatic carboxylic acids is 4. The number of carboxylic acids is 4. The van der Waals surface area contributed by atoms with Crippen LogP contribution >= 0.6 is 0 Å². The molecule has 1 aliphatic heterocycles. The zero-order valence-electron chi connectivity index (χ0n) is 36.3. The third-order valence-corrected chi connectivity index (χ3v) is 9.99. The Labute approximate surface area is 379 Å². The summed E-state index contributed by atoms with van der Waals surface area (Å²) < 4.78 is 41.2. The molecular weight excluding hydrogens is 870 g/mol. The molecule has 20 nitrogen and oxygen atoms in total. The second-order valence-corrected chi connectivity index (χ2v) is 15.1. The second-order valence-electron chi connectivity index (χ2n) is 15.1. The molecule has 1 saturated heterocycles. The van der Waals surface area contributed by atoms with E-state index >= 15 is 0 Å². The molecule has 0 radical (unpaired) electrons. The molecule has 66 heavy (non-hydrogen) atoms. The van der Waals surface area contributed by atoms with Gasteiger partial charge in [-0.15, -0.1) is 0 Å². The number of hydrogen-bond acceptors (Lipinski definition) is 16. The Morgan fingerprint density at radius 2 is 1.00 bits per heavy atom. The first-order valence-electron chi connectivity index (χ1n) is 20.9. The zero-order valence-corrected chi connectivity index (χ0v) is 36.3. The molecule has 0 aromatic heterocycles. The molecule has 1 heterocycles. The van der Waals surface area contributed by atoms with Gasteiger partial charge in [-0.2, -0.15) is 0 Å². The summed E-state index contributed by atoms with van der Waals surface area (Å²) in [6.07, 6.45) is -14.4. The first-order chi connectivity index (χ1) is 31.5. The third-order valence-electron chi connectivity index (χ3n) is 9.99. The van der Waals surface area contributed by atoms with Crippen LogP contribution in [-0.2, 0) is 77.1 Å². The van der Waals surface area contributed by atoms with Crippen molar-refractivity contribution in [1.82, 2.24) is 0 Å². The number of carbonyl (C=O) groups excluding carboxylic acids is 4. The molecule has 3 aromatic carbocycles. The summed E-state index contributed by atoms with van der Waals surface area (Å²) in [5, 5.41) is 36.7. The molecule has 0 saturated carbocycles. The molecule has 0 bridgehead atoms. The Balaban J connectivity index is 1.71. The fourth-order valence-corrected chi connectivity index (χ4v) is 6.85. The first kappa shape index (κ1) is 51.7. The topological polar surface area (TPSA) is 285 Å². The molecule has 0 amide bonds. The number of benzene rings is 3. The van der Waals surface area contributed by atoms with E-state index in [0.717, 1.165) is 22.4 Å². The molecule has 356 valence electrons. The maximum atomic E-state index is 13.2. The van der Waals surface area contributed by atoms with Crippen molar-refractivity contribution >= 4 is 53.4 Å². The molecule has 4 N–H and O–H groups in total. The van der Waals surface area contributed by atoms with Crippen molar-refractivity contribution in [3.63, 3.8) is 0 Å². The predicted molar refractivity (Wildman–Crippen MR) is 227 cm³/mol. The molecule has 0 spiro atoms. The standard InChI is InChI=1S/C46H53NO19/c1-47(2)32-16-9-15-31(27-32)46(29-11-5-3-6-12-29,30-13-7-4-8-14-30)62-26-10-25-60-45-44(66-41(59)24-20-37(54)55)43(65-40(58)23-19-36(52)53)42(64-39(57)22-18-35(50)51)33(63-45)28-61-38(56)21-17-34(48)49/h3-9,11-16,27,33,42-45H,10,17-26,28H2,1-2H3,(H,48,49)(H,50,51)(H,52,53)(H,54,55)/t33-,42-,43+,44+,45+/m1/s1. The van der Waals surface area contributed by atoms with Gasteiger partial charge in [0.15, 0.2) is 24.6 Å². The summed E-state index contributed by atoms with van der Waals surface area (Å²) in [5.74, 6) is -9.97. The Kier molecular flexibility index (Phi) is 20.0. The number of nitrogens with zero attached hydrogens (tertiary/aromatic N) is 1. The molecule has 1 aliphatic rings. The highest BCUT2D eigenvalue weighted by Crippen LogP contribution is 2.42. The monoisotopic (exact) mass is 923 g/mol. The molecule has 0 aliphatic carbocycles. The van der Waals surface area contributed by atoms with Crippen LogP contribution in [-0.4, -0.2) is 133 Å². The van der Waals surface area contributed by atoms with Crippen LogP contribution in [0.15, 0.2) is 84.9 Å². The lowest BCUT2D eigenvalue weighted by Crippen LogP contribution is -2.63. The zero-order chi connectivity index (χ0) is 48.2. The second kappa shape index (κ2) is 25.6. The van der Waals surface area contributed by atoms with Gasteiger partial charge < -0.3 is 58.5 Å². The van der Waals surface area contributed by atoms with Crippen molar-refractivity contribution < 1.29 is 91.9 Å². The lowest BCUT2D eigenvalue weighted by atomic mass is 9.80. The highest BCUT2D eigenvalue weighted by molar-refractivity contribution is 5.79. The van der Waals surface area contributed by atoms with Crippen molar-refractivity contribution in [3.05, 3.63) is 102 Å². The molecule has 20 heteroatoms. The van der Waals surface area contributed by atoms with E-state index in [1.807, 2.05) is 104 Å². The largest absolute Gasteiger partial charge is 0.481 e. The van der Waals surface area contributed by atoms with Crippen LogP contribution < -0.4 is 4.90 Å². The molecule has 3 aromatic rings. The molecular formula is C46H53NO19. The maximum absolute atomic E-state index is 13.2. The van der Waals surface area contributed by atoms with Crippen LogP contribution in [0.3, 0.4) is 0 Å². The van der Waals surface area contributed by atoms with Gasteiger partial charge in [0.25, 0.3) is 0 Å². The Morgan fingerprint density at radius 1 is 0.545 bits per heavy atom. The average molecular weight is 924 g/mol. The number of carboxylic acid groups (broad SMARTS) is 4. The van der Waals surface area contributed by atoms with Crippen LogP contribution in [0, 0.1) is 0 Å². The smallest absolute Gasteiger partial charge is 0.306 e. The first-order valence-corrected chi connectivity index (χ1v) is 20.9. The number of hydrogen-bond donors (Lipinski definition) is 4. The summed E-state index contributed by atoms with van der Waals surface area (Å²) in [5.41, 5.74) is 2.14. The molecule has 4 rings (SSSR count). The molecule has 5 atom stereocenters. The minimum Gasteiger partial charge on any atom is -0.481 e. The van der Waals surface area contributed by atoms with E-state index in [2.05, 4.69) is 0 Å². The van der Waals surface area contributed by atoms with Crippen LogP contribution in [0.1, 0.15) is 74.5 Å². The van der Waals surface area contributed by atoms with Crippen molar-refractivity contribution in [2.75, 3.05) is 38.8 Å². The van der Waals surface area contributed by atoms with Gasteiger partial charge >= 0.3 is 47.8 Å². The predicted octanol–water partition coefficient (Wildman–Crippen LogP) is 3.93. The SMILES string of the molecule is CN(C)c1cccc(C(OCCCO[C@H]2O[C@H](COC(=O)CCC(=O)O)[C@@H](OC(=O)CCC(=O)O)[C@H](OC(=O)CCC(=O)O)[C@@H]2OC(=O)CCC(=O)O)(c2ccccc2)c2ccccc2)c1. The molecule has 0 unspecified atom stereocenters. The van der Waals surface area contributed by atoms with E-state index in [0.29, 0.717) is 0 Å². The minimum atomic E-state index is -1.92. The Hall–Kier alpha value is -6.90. The van der Waals surface area contributed by atoms with Gasteiger partial charge in [0.1, 0.15) is 18.3 Å². The van der Waals surface area contributed by atoms with Crippen LogP contribution in [0.2, 0.25) is 0 Å². The van der Waals surface area contributed by atoms with E-state index in [9.17, 15) is 53.7 Å². The summed E-state index contributed by atoms with van der Waals surface area (Å²) in [6, 6.07) is 26.8. The fraction of sp³-hybridized carbons (Fsp3) is 0.435. The van der Waals surface area contributed by atoms with E-state index in [1.54, 1.807) is 0 Å². The van der Waals surface area contributed by atoms with Crippen molar-refractivity contribution in [2.45, 2.75) is 94.1 Å². The summed E-state index contributed by atoms with van der Waals surface area (Å²) in [6.45, 7) is -1.03. The van der Waals surface area contributed by atoms with Gasteiger partial charge in [-0.3, -0.25) is 38.4 Å². The van der Waals surface area contributed by atoms with Crippen molar-refractivity contribution in [2.24, 2.45) is 0 Å². The lowest BCUT2D eigenvalue weighted by molar-refractivity contribution is -0.309. The number of rotatable bonds is 27. The third kappa shape index (κ3) is 15.7. The Bertz CT molecular complexity index is 2090. The highest BCUT2D eigenvalue weighted by Gasteiger charge is 2.53. The molecule has 1 fully saturated rings. The summed E-state index contributed by atoms with van der Waals surface area (Å²) in [7, 11) is 3.82. The normalized spacial score (nSPS) is 18.0. The van der Waals surface area contributed by atoms with Gasteiger partial charge in [0.05, 0.1) is 64.6 Å². The van der Waals surface area contributed by atoms with Crippen LogP contribution in [0.5, 0.6) is 0 Å². The fourth-order valence-electron chi connectivity index (χ4n) is 6.85. The maximum Gasteiger partial charge on any atom is 0.306 e. The number of anilines is 1. The van der Waals surface area contributed by atoms with Gasteiger partial charge in [-0.05, 0) is 35.2 Å². The quantitative estimate of drug-likeness (QED) is 0.0365. The van der Waals surface area contributed by atoms with E-state index < -0.39 is 142 Å². The van der Waals surface area contributed by atoms with Crippen LogP contribution in [0.4, 0.5) is 5.69 Å². The van der Waals surface area contributed by atoms with E-state index in [4.69, 9.17) is 38.3 Å².